The van der Waals surface area contributed by atoms with E-state index in [9.17, 15) is 0 Å². The Balaban J connectivity index is 3.28. The van der Waals surface area contributed by atoms with Crippen LogP contribution in [-0.4, -0.2) is 15.0 Å². The topological polar surface area (TPSA) is 0 Å². The van der Waals surface area contributed by atoms with Crippen LogP contribution in [0.5, 0.6) is 0 Å². The summed E-state index contributed by atoms with van der Waals surface area (Å²) in [7, 11) is 0. The summed E-state index contributed by atoms with van der Waals surface area (Å²) in [6.07, 6.45) is 2.09. The number of allylic oxidation sites excluding steroid dienone is 1. The van der Waals surface area contributed by atoms with Gasteiger partial charge in [-0.2, -0.15) is 0 Å². The van der Waals surface area contributed by atoms with Crippen LogP contribution in [0.2, 0.25) is 5.32 Å². The van der Waals surface area contributed by atoms with Crippen LogP contribution in [0.15, 0.2) is 9.88 Å². The summed E-state index contributed by atoms with van der Waals surface area (Å²) >= 11 is 4.92. The molecule has 0 bridgehead atoms. The van der Waals surface area contributed by atoms with E-state index >= 15 is 0 Å². The van der Waals surface area contributed by atoms with Crippen molar-refractivity contribution in [2.24, 2.45) is 5.92 Å². The van der Waals surface area contributed by atoms with Crippen LogP contribution in [0.4, 0.5) is 0 Å². The fraction of sp³-hybridized carbons (Fsp3) is 0.714. The van der Waals surface area contributed by atoms with Gasteiger partial charge in [0.05, 0.1) is 0 Å². The van der Waals surface area contributed by atoms with E-state index in [1.807, 2.05) is 6.92 Å². The van der Waals surface area contributed by atoms with Crippen molar-refractivity contribution in [3.05, 3.63) is 9.88 Å². The third kappa shape index (κ3) is 6.50. The van der Waals surface area contributed by atoms with E-state index in [1.165, 1.54) is 9.12 Å². The Morgan fingerprint density at radius 1 is 1.67 bits per heavy atom. The first-order valence-electron chi connectivity index (χ1n) is 3.15. The predicted octanol–water partition coefficient (Wildman–Crippen LogP) is 2.56. The first-order chi connectivity index (χ1) is 4.16. The summed E-state index contributed by atoms with van der Waals surface area (Å²) in [4.78, 5) is 0. The molecule has 0 atom stereocenters. The van der Waals surface area contributed by atoms with Gasteiger partial charge in [-0.15, -0.1) is 0 Å². The number of hydrogen-bond acceptors (Lipinski definition) is 1. The van der Waals surface area contributed by atoms with Gasteiger partial charge in [0.25, 0.3) is 0 Å². The Morgan fingerprint density at radius 2 is 2.22 bits per heavy atom. The van der Waals surface area contributed by atoms with E-state index in [1.54, 1.807) is 0 Å². The minimum absolute atomic E-state index is 0.631. The summed E-state index contributed by atoms with van der Waals surface area (Å²) < 4.78 is 1.27. The van der Waals surface area contributed by atoms with Crippen molar-refractivity contribution in [3.63, 3.8) is 0 Å². The molecule has 0 aliphatic rings. The van der Waals surface area contributed by atoms with E-state index in [-0.39, 0.29) is 0 Å². The summed E-state index contributed by atoms with van der Waals surface area (Å²) in [5.74, 6) is 0.826. The first-order valence-corrected chi connectivity index (χ1v) is 5.66. The molecule has 0 N–H and O–H groups in total. The van der Waals surface area contributed by atoms with Crippen molar-refractivity contribution < 1.29 is 0 Å². The molecule has 0 fully saturated rings. The number of thiol groups is 1. The maximum atomic E-state index is 4.29. The molecule has 0 spiro atoms. The minimum atomic E-state index is 0.631. The summed E-state index contributed by atoms with van der Waals surface area (Å²) in [6.45, 7) is 6.54. The van der Waals surface area contributed by atoms with Gasteiger partial charge in [0.1, 0.15) is 0 Å². The molecule has 0 heterocycles. The van der Waals surface area contributed by atoms with E-state index in [2.05, 4.69) is 32.6 Å². The van der Waals surface area contributed by atoms with Gasteiger partial charge in [0.2, 0.25) is 0 Å². The van der Waals surface area contributed by atoms with Crippen LogP contribution in [-0.2, 0) is 0 Å². The molecule has 0 saturated carbocycles. The molecule has 0 radical (unpaired) electrons. The molecule has 0 saturated heterocycles. The molecule has 0 aromatic carbocycles. The Bertz CT molecular complexity index is 97.1. The molecule has 0 aromatic heterocycles. The Kier molecular flexibility index (Phi) is 5.76. The number of rotatable bonds is 3. The second kappa shape index (κ2) is 5.40. The Hall–Kier alpha value is 0.609. The fourth-order valence-electron chi connectivity index (χ4n) is 0.335. The Morgan fingerprint density at radius 3 is 2.56 bits per heavy atom. The molecule has 0 aliphatic carbocycles. The van der Waals surface area contributed by atoms with Gasteiger partial charge in [0, 0.05) is 0 Å². The summed E-state index contributed by atoms with van der Waals surface area (Å²) in [6, 6.07) is 0. The van der Waals surface area contributed by atoms with E-state index < -0.39 is 0 Å². The van der Waals surface area contributed by atoms with E-state index in [4.69, 9.17) is 0 Å². The molecule has 9 heavy (non-hydrogen) atoms. The van der Waals surface area contributed by atoms with E-state index in [0.29, 0.717) is 15.0 Å². The van der Waals surface area contributed by atoms with Gasteiger partial charge in [0.15, 0.2) is 0 Å². The van der Waals surface area contributed by atoms with Gasteiger partial charge in [-0.1, -0.05) is 0 Å². The second-order valence-electron chi connectivity index (χ2n) is 2.33. The van der Waals surface area contributed by atoms with E-state index in [0.717, 1.165) is 5.92 Å². The molecule has 2 heteroatoms. The monoisotopic (exact) mass is 210 g/mol. The van der Waals surface area contributed by atoms with Crippen molar-refractivity contribution in [2.45, 2.75) is 26.1 Å². The third-order valence-electron chi connectivity index (χ3n) is 0.812. The van der Waals surface area contributed by atoms with Gasteiger partial charge in [-0.05, 0) is 0 Å². The predicted molar refractivity (Wildman–Crippen MR) is 48.1 cm³/mol. The molecular formula is C7H14SSe. The zero-order valence-corrected chi connectivity index (χ0v) is 8.82. The standard InChI is InChI=1S/C7H14SSe/c1-4-7(8)9-5-6(2)3/h4,6,8H,5H2,1-3H3/b7-4+. The Labute approximate surface area is 69.7 Å². The summed E-state index contributed by atoms with van der Waals surface area (Å²) in [5, 5.41) is 1.32. The van der Waals surface area contributed by atoms with Gasteiger partial charge in [-0.25, -0.2) is 0 Å². The van der Waals surface area contributed by atoms with Crippen LogP contribution in [0.1, 0.15) is 20.8 Å². The number of hydrogen-bond donors (Lipinski definition) is 1. The quantitative estimate of drug-likeness (QED) is 0.536. The molecule has 0 amide bonds. The van der Waals surface area contributed by atoms with Crippen molar-refractivity contribution in [1.29, 1.82) is 0 Å². The molecule has 54 valence electrons. The van der Waals surface area contributed by atoms with Crippen LogP contribution < -0.4 is 0 Å². The molecule has 0 nitrogen and oxygen atoms in total. The third-order valence-corrected chi connectivity index (χ3v) is 4.60. The van der Waals surface area contributed by atoms with Crippen molar-refractivity contribution in [2.75, 3.05) is 0 Å². The van der Waals surface area contributed by atoms with Crippen LogP contribution in [0, 0.1) is 5.92 Å². The second-order valence-corrected chi connectivity index (χ2v) is 5.72. The summed E-state index contributed by atoms with van der Waals surface area (Å²) in [5.41, 5.74) is 0. The maximum absolute atomic E-state index is 4.29. The van der Waals surface area contributed by atoms with Crippen molar-refractivity contribution in [1.82, 2.24) is 0 Å². The van der Waals surface area contributed by atoms with Crippen LogP contribution >= 0.6 is 12.6 Å². The molecule has 0 aliphatic heterocycles. The fourth-order valence-corrected chi connectivity index (χ4v) is 2.13. The average Bonchev–Trinajstić information content (AvgIpc) is 1.83. The van der Waals surface area contributed by atoms with Crippen LogP contribution in [0.25, 0.3) is 0 Å². The average molecular weight is 209 g/mol. The van der Waals surface area contributed by atoms with Crippen LogP contribution in [0.3, 0.4) is 0 Å². The zero-order chi connectivity index (χ0) is 7.28. The first kappa shape index (κ1) is 9.61. The molecular weight excluding hydrogens is 195 g/mol. The van der Waals surface area contributed by atoms with Gasteiger partial charge >= 0.3 is 69.5 Å². The van der Waals surface area contributed by atoms with Gasteiger partial charge < -0.3 is 0 Å². The van der Waals surface area contributed by atoms with Crippen molar-refractivity contribution in [3.8, 4) is 0 Å². The molecule has 0 unspecified atom stereocenters. The normalized spacial score (nSPS) is 12.8. The molecule has 0 rings (SSSR count). The van der Waals surface area contributed by atoms with Crippen molar-refractivity contribution >= 4 is 27.6 Å². The zero-order valence-electron chi connectivity index (χ0n) is 6.22. The van der Waals surface area contributed by atoms with Gasteiger partial charge in [-0.3, -0.25) is 0 Å². The SMILES string of the molecule is C/C=C(\S)[Se]CC(C)C. The molecule has 0 aromatic rings.